The smallest absolute Gasteiger partial charge is 0.124 e. The maximum atomic E-state index is 5.47. The van der Waals surface area contributed by atoms with Gasteiger partial charge in [-0.3, -0.25) is 5.84 Å². The van der Waals surface area contributed by atoms with Crippen LogP contribution in [0.2, 0.25) is 0 Å². The fourth-order valence-electron chi connectivity index (χ4n) is 1.35. The molecule has 0 saturated carbocycles. The van der Waals surface area contributed by atoms with Crippen LogP contribution in [0.5, 0.6) is 0 Å². The van der Waals surface area contributed by atoms with Gasteiger partial charge in [-0.05, 0) is 28.8 Å². The molecule has 0 aliphatic rings. The van der Waals surface area contributed by atoms with Crippen molar-refractivity contribution in [3.8, 4) is 0 Å². The fourth-order valence-corrected chi connectivity index (χ4v) is 2.03. The van der Waals surface area contributed by atoms with Crippen LogP contribution < -0.4 is 11.3 Å². The van der Waals surface area contributed by atoms with E-state index in [1.54, 1.807) is 23.7 Å². The zero-order valence-electron chi connectivity index (χ0n) is 7.60. The summed E-state index contributed by atoms with van der Waals surface area (Å²) in [6.07, 6.45) is 4.38. The minimum atomic E-state index is 0.0552. The second kappa shape index (κ2) is 4.36. The van der Waals surface area contributed by atoms with Gasteiger partial charge >= 0.3 is 0 Å². The average molecular weight is 208 g/mol. The molecule has 0 aliphatic carbocycles. The molecule has 0 radical (unpaired) electrons. The van der Waals surface area contributed by atoms with Crippen LogP contribution in [0.4, 0.5) is 0 Å². The molecule has 0 aliphatic heterocycles. The second-order valence-corrected chi connectivity index (χ2v) is 3.81. The summed E-state index contributed by atoms with van der Waals surface area (Å²) in [5.41, 5.74) is 4.03. The van der Waals surface area contributed by atoms with Gasteiger partial charge in [0.25, 0.3) is 0 Å². The lowest BCUT2D eigenvalue weighted by atomic mass is 10.1. The highest BCUT2D eigenvalue weighted by Crippen LogP contribution is 2.15. The van der Waals surface area contributed by atoms with Gasteiger partial charge in [-0.1, -0.05) is 0 Å². The maximum Gasteiger partial charge on any atom is 0.124 e. The van der Waals surface area contributed by atoms with E-state index in [2.05, 4.69) is 32.2 Å². The number of nitrogens with zero attached hydrogens (tertiary/aromatic N) is 1. The van der Waals surface area contributed by atoms with Crippen molar-refractivity contribution >= 4 is 11.3 Å². The highest BCUT2D eigenvalue weighted by atomic mass is 32.1. The zero-order chi connectivity index (χ0) is 9.80. The summed E-state index contributed by atoms with van der Waals surface area (Å²) in [5.74, 6) is 6.35. The first kappa shape index (κ1) is 9.39. The van der Waals surface area contributed by atoms with E-state index in [0.29, 0.717) is 0 Å². The van der Waals surface area contributed by atoms with E-state index in [4.69, 9.17) is 5.84 Å². The highest BCUT2D eigenvalue weighted by molar-refractivity contribution is 7.07. The Balaban J connectivity index is 2.08. The molecule has 0 spiro atoms. The standard InChI is InChI=1S/C9H12N4S/c10-13-8(9-11-2-3-12-9)5-7-1-4-14-6-7/h1-4,6,8,13H,5,10H2,(H,11,12). The van der Waals surface area contributed by atoms with Crippen molar-refractivity contribution in [2.24, 2.45) is 5.84 Å². The Kier molecular flexibility index (Phi) is 2.93. The van der Waals surface area contributed by atoms with Crippen molar-refractivity contribution in [1.82, 2.24) is 15.4 Å². The maximum absolute atomic E-state index is 5.47. The number of nitrogens with one attached hydrogen (secondary N) is 2. The lowest BCUT2D eigenvalue weighted by molar-refractivity contribution is 0.528. The van der Waals surface area contributed by atoms with Crippen molar-refractivity contribution in [2.45, 2.75) is 12.5 Å². The number of thiophene rings is 1. The van der Waals surface area contributed by atoms with E-state index in [-0.39, 0.29) is 6.04 Å². The Bertz CT molecular complexity index is 354. The van der Waals surface area contributed by atoms with Gasteiger partial charge in [0.1, 0.15) is 5.82 Å². The quantitative estimate of drug-likeness (QED) is 0.523. The number of aromatic amines is 1. The molecule has 1 unspecified atom stereocenters. The molecule has 2 rings (SSSR count). The van der Waals surface area contributed by atoms with Crippen LogP contribution in [0.15, 0.2) is 29.2 Å². The third-order valence-electron chi connectivity index (χ3n) is 2.07. The topological polar surface area (TPSA) is 66.7 Å². The second-order valence-electron chi connectivity index (χ2n) is 3.03. The molecular weight excluding hydrogens is 196 g/mol. The van der Waals surface area contributed by atoms with Crippen LogP contribution in [-0.2, 0) is 6.42 Å². The lowest BCUT2D eigenvalue weighted by Crippen LogP contribution is -2.30. The molecule has 1 atom stereocenters. The first-order valence-electron chi connectivity index (χ1n) is 4.36. The third kappa shape index (κ3) is 2.01. The Morgan fingerprint density at radius 3 is 3.14 bits per heavy atom. The average Bonchev–Trinajstić information content (AvgIpc) is 2.86. The molecule has 5 heteroatoms. The normalized spacial score (nSPS) is 12.9. The monoisotopic (exact) mass is 208 g/mol. The van der Waals surface area contributed by atoms with E-state index in [1.807, 2.05) is 0 Å². The Hall–Kier alpha value is -1.17. The third-order valence-corrected chi connectivity index (χ3v) is 2.80. The summed E-state index contributed by atoms with van der Waals surface area (Å²) in [7, 11) is 0. The summed E-state index contributed by atoms with van der Waals surface area (Å²) in [4.78, 5) is 7.22. The number of rotatable bonds is 4. The van der Waals surface area contributed by atoms with Crippen molar-refractivity contribution in [3.05, 3.63) is 40.6 Å². The van der Waals surface area contributed by atoms with Gasteiger partial charge in [0.2, 0.25) is 0 Å². The molecule has 0 bridgehead atoms. The summed E-state index contributed by atoms with van der Waals surface area (Å²) >= 11 is 1.69. The van der Waals surface area contributed by atoms with Crippen LogP contribution in [0, 0.1) is 0 Å². The predicted molar refractivity (Wildman–Crippen MR) is 56.7 cm³/mol. The van der Waals surface area contributed by atoms with Gasteiger partial charge in [0, 0.05) is 12.4 Å². The molecule has 2 heterocycles. The molecule has 2 aromatic heterocycles. The van der Waals surface area contributed by atoms with Crippen molar-refractivity contribution in [3.63, 3.8) is 0 Å². The van der Waals surface area contributed by atoms with Gasteiger partial charge < -0.3 is 4.98 Å². The minimum Gasteiger partial charge on any atom is -0.347 e. The molecule has 4 nitrogen and oxygen atoms in total. The first-order valence-corrected chi connectivity index (χ1v) is 5.31. The number of H-pyrrole nitrogens is 1. The van der Waals surface area contributed by atoms with E-state index in [9.17, 15) is 0 Å². The van der Waals surface area contributed by atoms with Gasteiger partial charge in [0.15, 0.2) is 0 Å². The van der Waals surface area contributed by atoms with Crippen molar-refractivity contribution in [1.29, 1.82) is 0 Å². The number of imidazole rings is 1. The SMILES string of the molecule is NNC(Cc1ccsc1)c1ncc[nH]1. The lowest BCUT2D eigenvalue weighted by Gasteiger charge is -2.11. The van der Waals surface area contributed by atoms with Crippen LogP contribution in [0.3, 0.4) is 0 Å². The number of aromatic nitrogens is 2. The van der Waals surface area contributed by atoms with Gasteiger partial charge in [-0.15, -0.1) is 0 Å². The fraction of sp³-hybridized carbons (Fsp3) is 0.222. The molecule has 74 valence electrons. The van der Waals surface area contributed by atoms with Crippen LogP contribution in [0.1, 0.15) is 17.4 Å². The van der Waals surface area contributed by atoms with E-state index in [0.717, 1.165) is 12.2 Å². The van der Waals surface area contributed by atoms with Crippen LogP contribution in [0.25, 0.3) is 0 Å². The molecule has 0 fully saturated rings. The molecule has 0 aromatic carbocycles. The van der Waals surface area contributed by atoms with Crippen LogP contribution >= 0.6 is 11.3 Å². The van der Waals surface area contributed by atoms with Gasteiger partial charge in [0.05, 0.1) is 6.04 Å². The van der Waals surface area contributed by atoms with Crippen molar-refractivity contribution < 1.29 is 0 Å². The van der Waals surface area contributed by atoms with E-state index >= 15 is 0 Å². The largest absolute Gasteiger partial charge is 0.347 e. The van der Waals surface area contributed by atoms with Gasteiger partial charge in [-0.2, -0.15) is 11.3 Å². The number of nitrogens with two attached hydrogens (primary N) is 1. The molecule has 4 N–H and O–H groups in total. The predicted octanol–water partition coefficient (Wildman–Crippen LogP) is 1.22. The zero-order valence-corrected chi connectivity index (χ0v) is 8.42. The molecule has 0 amide bonds. The van der Waals surface area contributed by atoms with Crippen LogP contribution in [-0.4, -0.2) is 9.97 Å². The Morgan fingerprint density at radius 2 is 2.57 bits per heavy atom. The van der Waals surface area contributed by atoms with E-state index < -0.39 is 0 Å². The van der Waals surface area contributed by atoms with Crippen molar-refractivity contribution in [2.75, 3.05) is 0 Å². The van der Waals surface area contributed by atoms with Gasteiger partial charge in [-0.25, -0.2) is 10.4 Å². The molecule has 14 heavy (non-hydrogen) atoms. The highest BCUT2D eigenvalue weighted by Gasteiger charge is 2.12. The molecule has 0 saturated heterocycles. The molecular formula is C9H12N4S. The van der Waals surface area contributed by atoms with E-state index in [1.165, 1.54) is 5.56 Å². The Morgan fingerprint density at radius 1 is 1.64 bits per heavy atom. The summed E-state index contributed by atoms with van der Waals surface area (Å²) in [6, 6.07) is 2.15. The number of hydrazine groups is 1. The number of hydrogen-bond acceptors (Lipinski definition) is 4. The summed E-state index contributed by atoms with van der Waals surface area (Å²) in [5, 5.41) is 4.18. The molecule has 2 aromatic rings. The summed E-state index contributed by atoms with van der Waals surface area (Å²) in [6.45, 7) is 0. The summed E-state index contributed by atoms with van der Waals surface area (Å²) < 4.78 is 0. The Labute approximate surface area is 86.1 Å². The first-order chi connectivity index (χ1) is 6.90. The minimum absolute atomic E-state index is 0.0552. The number of hydrogen-bond donors (Lipinski definition) is 3.